The molecule has 7 heteroatoms. The van der Waals surface area contributed by atoms with Crippen LogP contribution in [0.2, 0.25) is 0 Å². The maximum Gasteiger partial charge on any atom is 0.310 e. The third-order valence-electron chi connectivity index (χ3n) is 6.92. The summed E-state index contributed by atoms with van der Waals surface area (Å²) < 4.78 is 33.0. The van der Waals surface area contributed by atoms with Crippen molar-refractivity contribution < 1.29 is 23.1 Å². The van der Waals surface area contributed by atoms with Crippen LogP contribution in [-0.2, 0) is 32.5 Å². The highest BCUT2D eigenvalue weighted by atomic mass is 32.2. The number of fused-ring (bicyclic) bond motifs is 3. The van der Waals surface area contributed by atoms with Crippen LogP contribution >= 0.6 is 0 Å². The van der Waals surface area contributed by atoms with Gasteiger partial charge in [0.05, 0.1) is 30.5 Å². The predicted octanol–water partition coefficient (Wildman–Crippen LogP) is 5.39. The minimum absolute atomic E-state index is 0.0442. The summed E-state index contributed by atoms with van der Waals surface area (Å²) >= 11 is 0. The lowest BCUT2D eigenvalue weighted by Crippen LogP contribution is -2.34. The van der Waals surface area contributed by atoms with Gasteiger partial charge in [0.2, 0.25) is 10.0 Å². The first-order valence-electron chi connectivity index (χ1n) is 12.4. The minimum atomic E-state index is -3.61. The molecule has 1 aliphatic heterocycles. The molecule has 196 valence electrons. The lowest BCUT2D eigenvalue weighted by molar-refractivity contribution is -0.149. The Morgan fingerprint density at radius 2 is 1.62 bits per heavy atom. The molecule has 0 atom stereocenters. The molecular weight excluding hydrogens is 486 g/mol. The van der Waals surface area contributed by atoms with Gasteiger partial charge < -0.3 is 9.84 Å². The molecule has 0 fully saturated rings. The van der Waals surface area contributed by atoms with E-state index in [-0.39, 0.29) is 19.6 Å². The fraction of sp³-hybridized carbons (Fsp3) is 0.367. The van der Waals surface area contributed by atoms with Gasteiger partial charge in [0.25, 0.3) is 0 Å². The molecule has 1 heterocycles. The van der Waals surface area contributed by atoms with E-state index in [9.17, 15) is 18.3 Å². The number of carbonyl (C=O) groups excluding carboxylic acids is 1. The number of benzene rings is 3. The molecule has 0 saturated heterocycles. The summed E-state index contributed by atoms with van der Waals surface area (Å²) in [6.45, 7) is 11.2. The summed E-state index contributed by atoms with van der Waals surface area (Å²) in [7, 11) is -3.61. The second kappa shape index (κ2) is 9.62. The molecule has 0 unspecified atom stereocenters. The number of aryl methyl sites for hydroxylation is 2. The van der Waals surface area contributed by atoms with Gasteiger partial charge in [-0.05, 0) is 86.1 Å². The number of aliphatic hydroxyl groups is 1. The predicted molar refractivity (Wildman–Crippen MR) is 148 cm³/mol. The summed E-state index contributed by atoms with van der Waals surface area (Å²) in [5.74, 6) is -0.476. The summed E-state index contributed by atoms with van der Waals surface area (Å²) in [5.41, 5.74) is 8.76. The molecule has 0 bridgehead atoms. The van der Waals surface area contributed by atoms with Gasteiger partial charge in [-0.3, -0.25) is 9.10 Å². The van der Waals surface area contributed by atoms with E-state index in [0.717, 1.165) is 55.6 Å². The van der Waals surface area contributed by atoms with Gasteiger partial charge in [-0.2, -0.15) is 0 Å². The molecule has 0 amide bonds. The molecule has 1 N–H and O–H groups in total. The molecule has 3 aromatic rings. The Bertz CT molecular complexity index is 1480. The zero-order valence-corrected chi connectivity index (χ0v) is 23.4. The van der Waals surface area contributed by atoms with Crippen molar-refractivity contribution in [3.63, 3.8) is 0 Å². The molecule has 4 rings (SSSR count). The smallest absolute Gasteiger partial charge is 0.310 e. The second-order valence-corrected chi connectivity index (χ2v) is 12.6. The van der Waals surface area contributed by atoms with Crippen molar-refractivity contribution in [1.82, 2.24) is 0 Å². The van der Waals surface area contributed by atoms with Crippen LogP contribution < -0.4 is 4.31 Å². The van der Waals surface area contributed by atoms with E-state index in [1.54, 1.807) is 13.8 Å². The van der Waals surface area contributed by atoms with Gasteiger partial charge in [0.15, 0.2) is 0 Å². The highest BCUT2D eigenvalue weighted by Crippen LogP contribution is 2.50. The Kier molecular flexibility index (Phi) is 6.99. The van der Waals surface area contributed by atoms with Gasteiger partial charge in [0, 0.05) is 5.56 Å². The number of anilines is 1. The normalized spacial score (nSPS) is 13.2. The van der Waals surface area contributed by atoms with Crippen LogP contribution in [0, 0.1) is 27.7 Å². The molecule has 0 radical (unpaired) electrons. The average Bonchev–Trinajstić information content (AvgIpc) is 2.80. The number of sulfonamides is 1. The molecule has 0 aliphatic carbocycles. The number of esters is 1. The number of hydrogen-bond donors (Lipinski definition) is 1. The maximum atomic E-state index is 13.1. The third-order valence-corrected chi connectivity index (χ3v) is 8.03. The van der Waals surface area contributed by atoms with Crippen LogP contribution in [0.1, 0.15) is 47.2 Å². The summed E-state index contributed by atoms with van der Waals surface area (Å²) in [5, 5.41) is 10.0. The Morgan fingerprint density at radius 3 is 2.22 bits per heavy atom. The van der Waals surface area contributed by atoms with E-state index in [1.807, 2.05) is 70.2 Å². The van der Waals surface area contributed by atoms with Gasteiger partial charge in [0.1, 0.15) is 6.61 Å². The van der Waals surface area contributed by atoms with Gasteiger partial charge >= 0.3 is 5.97 Å². The molecule has 0 saturated carbocycles. The number of ether oxygens (including phenoxy) is 1. The van der Waals surface area contributed by atoms with Crippen molar-refractivity contribution in [3.8, 4) is 22.3 Å². The van der Waals surface area contributed by atoms with E-state index in [4.69, 9.17) is 4.74 Å². The molecular formula is C30H35NO5S. The van der Waals surface area contributed by atoms with Crippen molar-refractivity contribution in [3.05, 3.63) is 75.8 Å². The van der Waals surface area contributed by atoms with E-state index in [0.29, 0.717) is 5.69 Å². The Hall–Kier alpha value is -3.16. The Labute approximate surface area is 220 Å². The van der Waals surface area contributed by atoms with Gasteiger partial charge in [-0.1, -0.05) is 48.0 Å². The van der Waals surface area contributed by atoms with Crippen LogP contribution in [0.15, 0.2) is 42.5 Å². The number of carbonyl (C=O) groups is 1. The summed E-state index contributed by atoms with van der Waals surface area (Å²) in [4.78, 5) is 13.0. The van der Waals surface area contributed by atoms with E-state index in [2.05, 4.69) is 0 Å². The molecule has 0 aromatic heterocycles. The topological polar surface area (TPSA) is 83.9 Å². The van der Waals surface area contributed by atoms with Crippen molar-refractivity contribution in [1.29, 1.82) is 0 Å². The second-order valence-electron chi connectivity index (χ2n) is 10.7. The van der Waals surface area contributed by atoms with Crippen LogP contribution in [-0.4, -0.2) is 38.0 Å². The van der Waals surface area contributed by atoms with Crippen LogP contribution in [0.5, 0.6) is 0 Å². The van der Waals surface area contributed by atoms with Crippen LogP contribution in [0.3, 0.4) is 0 Å². The highest BCUT2D eigenvalue weighted by molar-refractivity contribution is 7.92. The monoisotopic (exact) mass is 521 g/mol. The first-order chi connectivity index (χ1) is 17.2. The van der Waals surface area contributed by atoms with Crippen LogP contribution in [0.25, 0.3) is 22.3 Å². The number of nitrogens with zero attached hydrogens (tertiary/aromatic N) is 1. The fourth-order valence-corrected chi connectivity index (χ4v) is 6.12. The lowest BCUT2D eigenvalue weighted by atomic mass is 9.80. The number of rotatable bonds is 6. The first kappa shape index (κ1) is 26.9. The first-order valence-corrected chi connectivity index (χ1v) is 14.2. The largest absolute Gasteiger partial charge is 0.462 e. The average molecular weight is 522 g/mol. The van der Waals surface area contributed by atoms with E-state index < -0.39 is 21.6 Å². The molecule has 37 heavy (non-hydrogen) atoms. The maximum absolute atomic E-state index is 13.1. The molecule has 3 aromatic carbocycles. The SMILES string of the molecule is Cc1ccc(-c2c(C)c3c(c(C)c2CC(=O)OCC(C)(C)O)N(S(C)(=O)=O)Cc2cccc(C)c2-3)cc1. The quantitative estimate of drug-likeness (QED) is 0.440. The molecule has 0 spiro atoms. The molecule has 1 aliphatic rings. The minimum Gasteiger partial charge on any atom is -0.462 e. The third kappa shape index (κ3) is 5.29. The van der Waals surface area contributed by atoms with Crippen molar-refractivity contribution in [2.75, 3.05) is 17.2 Å². The standard InChI is InChI=1S/C30H35NO5S/c1-18-11-13-22(14-12-18)27-21(4)28-26-19(2)9-8-10-23(26)16-31(37(7,34)35)29(28)20(3)24(27)15-25(32)36-17-30(5,6)33/h8-14,33H,15-17H2,1-7H3. The zero-order chi connectivity index (χ0) is 27.3. The Balaban J connectivity index is 2.05. The highest BCUT2D eigenvalue weighted by Gasteiger charge is 2.34. The zero-order valence-electron chi connectivity index (χ0n) is 22.6. The summed E-state index contributed by atoms with van der Waals surface area (Å²) in [6.07, 6.45) is 1.18. The lowest BCUT2D eigenvalue weighted by Gasteiger charge is -2.36. The van der Waals surface area contributed by atoms with Crippen molar-refractivity contribution in [2.24, 2.45) is 0 Å². The van der Waals surface area contributed by atoms with E-state index in [1.165, 1.54) is 10.6 Å². The van der Waals surface area contributed by atoms with Gasteiger partial charge in [-0.25, -0.2) is 8.42 Å². The van der Waals surface area contributed by atoms with Crippen LogP contribution in [0.4, 0.5) is 5.69 Å². The Morgan fingerprint density at radius 1 is 0.973 bits per heavy atom. The summed E-state index contributed by atoms with van der Waals surface area (Å²) in [6, 6.07) is 14.1. The van der Waals surface area contributed by atoms with E-state index >= 15 is 0 Å². The fourth-order valence-electron chi connectivity index (χ4n) is 5.18. The molecule has 6 nitrogen and oxygen atoms in total. The number of hydrogen-bond acceptors (Lipinski definition) is 5. The van der Waals surface area contributed by atoms with Gasteiger partial charge in [-0.15, -0.1) is 0 Å². The van der Waals surface area contributed by atoms with Crippen molar-refractivity contribution in [2.45, 2.75) is 60.1 Å². The van der Waals surface area contributed by atoms with Crippen molar-refractivity contribution >= 4 is 21.7 Å².